The van der Waals surface area contributed by atoms with E-state index in [4.69, 9.17) is 10.7 Å². The van der Waals surface area contributed by atoms with Crippen LogP contribution in [0.5, 0.6) is 0 Å². The highest BCUT2D eigenvalue weighted by Gasteiger charge is 2.47. The maximum atomic E-state index is 15.6. The van der Waals surface area contributed by atoms with Gasteiger partial charge in [0.2, 0.25) is 0 Å². The number of halogens is 1. The van der Waals surface area contributed by atoms with Crippen molar-refractivity contribution in [2.45, 2.75) is 43.8 Å². The van der Waals surface area contributed by atoms with E-state index in [1.807, 2.05) is 16.5 Å². The molecule has 2 aromatic carbocycles. The molecule has 184 valence electrons. The second-order valence-corrected chi connectivity index (χ2v) is 11.2. The molecule has 3 fully saturated rings. The van der Waals surface area contributed by atoms with Crippen LogP contribution in [0.2, 0.25) is 0 Å². The molecule has 7 nitrogen and oxygen atoms in total. The fourth-order valence-corrected chi connectivity index (χ4v) is 7.20. The number of carbonyl (C=O) groups is 1. The Hall–Kier alpha value is -3.39. The molecule has 8 heteroatoms. The van der Waals surface area contributed by atoms with Gasteiger partial charge in [0.05, 0.1) is 28.5 Å². The highest BCUT2D eigenvalue weighted by atomic mass is 19.1. The summed E-state index contributed by atoms with van der Waals surface area (Å²) in [4.78, 5) is 20.2. The van der Waals surface area contributed by atoms with E-state index in [1.54, 1.807) is 6.07 Å². The second kappa shape index (κ2) is 7.09. The fraction of sp³-hybridized carbons (Fsp3) is 0.429. The number of rotatable bonds is 3. The molecule has 36 heavy (non-hydrogen) atoms. The zero-order chi connectivity index (χ0) is 24.3. The number of nitrogens with one attached hydrogen (secondary N) is 1. The summed E-state index contributed by atoms with van der Waals surface area (Å²) in [5.74, 6) is 1.18. The van der Waals surface area contributed by atoms with Crippen LogP contribution in [0.4, 0.5) is 10.1 Å². The number of aryl methyl sites for hydroxylation is 1. The number of likely N-dealkylation sites (tertiary alicyclic amines) is 1. The normalized spacial score (nSPS) is 26.8. The molecule has 4 heterocycles. The lowest BCUT2D eigenvalue weighted by atomic mass is 10.1. The number of nitrogens with two attached hydrogens (primary N) is 1. The number of piperidine rings is 1. The predicted octanol–water partition coefficient (Wildman–Crippen LogP) is 4.27. The number of carbonyl (C=O) groups excluding carboxylic acids is 1. The number of imidazole rings is 1. The van der Waals surface area contributed by atoms with E-state index in [1.165, 1.54) is 24.4 Å². The van der Waals surface area contributed by atoms with E-state index in [0.29, 0.717) is 41.0 Å². The number of benzene rings is 2. The van der Waals surface area contributed by atoms with Gasteiger partial charge < -0.3 is 25.1 Å². The van der Waals surface area contributed by atoms with Gasteiger partial charge in [0.25, 0.3) is 5.91 Å². The van der Waals surface area contributed by atoms with Crippen molar-refractivity contribution in [1.82, 2.24) is 19.0 Å². The summed E-state index contributed by atoms with van der Waals surface area (Å²) in [6, 6.07) is 12.1. The first-order valence-electron chi connectivity index (χ1n) is 13.1. The molecule has 1 unspecified atom stereocenters. The van der Waals surface area contributed by atoms with Gasteiger partial charge in [0, 0.05) is 43.2 Å². The molecule has 1 saturated heterocycles. The Morgan fingerprint density at radius 1 is 1.08 bits per heavy atom. The average Bonchev–Trinajstić information content (AvgIpc) is 3.33. The van der Waals surface area contributed by atoms with E-state index in [0.717, 1.165) is 42.0 Å². The molecule has 8 rings (SSSR count). The average molecular weight is 485 g/mol. The van der Waals surface area contributed by atoms with Crippen LogP contribution in [-0.2, 0) is 7.05 Å². The fourth-order valence-electron chi connectivity index (χ4n) is 7.20. The van der Waals surface area contributed by atoms with Crippen molar-refractivity contribution < 1.29 is 9.18 Å². The van der Waals surface area contributed by atoms with Crippen molar-refractivity contribution in [3.63, 3.8) is 0 Å². The third-order valence-electron chi connectivity index (χ3n) is 9.17. The van der Waals surface area contributed by atoms with E-state index in [2.05, 4.69) is 34.1 Å². The molecule has 4 aromatic rings. The van der Waals surface area contributed by atoms with Gasteiger partial charge in [-0.15, -0.1) is 0 Å². The summed E-state index contributed by atoms with van der Waals surface area (Å²) in [6.07, 6.45) is 4.47. The first-order chi connectivity index (χ1) is 17.5. The van der Waals surface area contributed by atoms with Crippen LogP contribution in [0.1, 0.15) is 42.1 Å². The number of aromatic nitrogens is 3. The second-order valence-electron chi connectivity index (χ2n) is 11.2. The van der Waals surface area contributed by atoms with E-state index < -0.39 is 5.82 Å². The number of nitrogens with zero attached hydrogens (tertiary/aromatic N) is 4. The molecule has 1 amide bonds. The smallest absolute Gasteiger partial charge is 0.254 e. The molecule has 2 saturated carbocycles. The van der Waals surface area contributed by atoms with Gasteiger partial charge in [-0.2, -0.15) is 0 Å². The minimum atomic E-state index is -0.415. The van der Waals surface area contributed by atoms with E-state index in [9.17, 15) is 4.79 Å². The number of para-hydroxylation sites is 1. The zero-order valence-electron chi connectivity index (χ0n) is 20.2. The third kappa shape index (κ3) is 2.70. The Bertz CT molecular complexity index is 1580. The van der Waals surface area contributed by atoms with Gasteiger partial charge in [0.1, 0.15) is 11.3 Å². The maximum Gasteiger partial charge on any atom is 0.254 e. The van der Waals surface area contributed by atoms with E-state index >= 15 is 4.39 Å². The molecular weight excluding hydrogens is 455 g/mol. The number of amides is 1. The SMILES string of the molecule is Cn1c(-c2cc3cccc4c3n2C(C2CC2)CN4)nc2cc(C(=O)N3C[C@H]4CC[C@@H]3[C@@H]4N)cc(F)c21. The number of anilines is 1. The van der Waals surface area contributed by atoms with Crippen LogP contribution in [0, 0.1) is 17.7 Å². The van der Waals surface area contributed by atoms with Gasteiger partial charge in [0.15, 0.2) is 5.82 Å². The molecule has 2 aliphatic heterocycles. The lowest BCUT2D eigenvalue weighted by Gasteiger charge is -2.29. The monoisotopic (exact) mass is 484 g/mol. The highest BCUT2D eigenvalue weighted by molar-refractivity contribution is 6.00. The highest BCUT2D eigenvalue weighted by Crippen LogP contribution is 2.47. The van der Waals surface area contributed by atoms with Gasteiger partial charge in [-0.3, -0.25) is 4.79 Å². The Morgan fingerprint density at radius 3 is 2.67 bits per heavy atom. The largest absolute Gasteiger partial charge is 0.381 e. The Kier molecular flexibility index (Phi) is 4.09. The minimum Gasteiger partial charge on any atom is -0.381 e. The van der Waals surface area contributed by atoms with Crippen molar-refractivity contribution in [1.29, 1.82) is 0 Å². The van der Waals surface area contributed by atoms with Crippen LogP contribution < -0.4 is 11.1 Å². The molecule has 3 N–H and O–H groups in total. The first kappa shape index (κ1) is 20.8. The standard InChI is InChI=1S/C28H29FN6O/c1-33-26-18(29)9-17(28(36)34-13-16-7-8-21(34)24(16)30)10-20(26)32-27(33)22-11-15-3-2-4-19-25(15)35(22)23(12-31-19)14-5-6-14/h2-4,9-11,14,16,21,23-24,31H,5-8,12-13,30H2,1H3/t16-,21-,23?,24-/m1/s1. The summed E-state index contributed by atoms with van der Waals surface area (Å²) >= 11 is 0. The number of hydrogen-bond acceptors (Lipinski definition) is 4. The van der Waals surface area contributed by atoms with Gasteiger partial charge in [-0.05, 0) is 61.8 Å². The molecule has 2 aromatic heterocycles. The maximum absolute atomic E-state index is 15.6. The molecule has 2 bridgehead atoms. The third-order valence-corrected chi connectivity index (χ3v) is 9.17. The van der Waals surface area contributed by atoms with Crippen LogP contribution >= 0.6 is 0 Å². The van der Waals surface area contributed by atoms with Crippen molar-refractivity contribution >= 4 is 33.5 Å². The van der Waals surface area contributed by atoms with Crippen LogP contribution in [0.3, 0.4) is 0 Å². The first-order valence-corrected chi connectivity index (χ1v) is 13.1. The van der Waals surface area contributed by atoms with Crippen molar-refractivity contribution in [2.75, 3.05) is 18.4 Å². The molecule has 0 radical (unpaired) electrons. The van der Waals surface area contributed by atoms with E-state index in [-0.39, 0.29) is 18.0 Å². The quantitative estimate of drug-likeness (QED) is 0.455. The molecule has 2 aliphatic carbocycles. The number of fused-ring (bicyclic) bond motifs is 3. The number of hydrogen-bond donors (Lipinski definition) is 2. The predicted molar refractivity (Wildman–Crippen MR) is 137 cm³/mol. The molecular formula is C28H29FN6O. The Balaban J connectivity index is 1.27. The molecule has 0 spiro atoms. The van der Waals surface area contributed by atoms with Gasteiger partial charge in [-0.1, -0.05) is 12.1 Å². The molecule has 4 atom stereocenters. The van der Waals surface area contributed by atoms with Gasteiger partial charge in [-0.25, -0.2) is 9.37 Å². The molecule has 4 aliphatic rings. The van der Waals surface area contributed by atoms with Crippen molar-refractivity contribution in [3.05, 3.63) is 47.8 Å². The van der Waals surface area contributed by atoms with Crippen LogP contribution in [-0.4, -0.2) is 50.1 Å². The topological polar surface area (TPSA) is 81.1 Å². The van der Waals surface area contributed by atoms with Crippen molar-refractivity contribution in [3.8, 4) is 11.5 Å². The lowest BCUT2D eigenvalue weighted by Crippen LogP contribution is -2.41. The van der Waals surface area contributed by atoms with Crippen molar-refractivity contribution in [2.24, 2.45) is 24.6 Å². The summed E-state index contributed by atoms with van der Waals surface area (Å²) in [7, 11) is 1.87. The van der Waals surface area contributed by atoms with Crippen LogP contribution in [0.15, 0.2) is 36.4 Å². The lowest BCUT2D eigenvalue weighted by molar-refractivity contribution is 0.0700. The van der Waals surface area contributed by atoms with Crippen LogP contribution in [0.25, 0.3) is 33.5 Å². The summed E-state index contributed by atoms with van der Waals surface area (Å²) < 4.78 is 19.8. The summed E-state index contributed by atoms with van der Waals surface area (Å²) in [6.45, 7) is 1.55. The Morgan fingerprint density at radius 2 is 1.92 bits per heavy atom. The summed E-state index contributed by atoms with van der Waals surface area (Å²) in [5.41, 5.74) is 10.9. The van der Waals surface area contributed by atoms with Gasteiger partial charge >= 0.3 is 0 Å². The zero-order valence-corrected chi connectivity index (χ0v) is 20.2. The minimum absolute atomic E-state index is 0.0308. The summed E-state index contributed by atoms with van der Waals surface area (Å²) in [5, 5.41) is 4.77. The Labute approximate surface area is 208 Å².